The Morgan fingerprint density at radius 3 is 2.57 bits per heavy atom. The molecule has 0 unspecified atom stereocenters. The number of aromatic nitrogens is 1. The van der Waals surface area contributed by atoms with Gasteiger partial charge in [0.05, 0.1) is 0 Å². The molecule has 1 aromatic heterocycles. The first-order valence-electron chi connectivity index (χ1n) is 7.82. The minimum absolute atomic E-state index is 0. The van der Waals surface area contributed by atoms with E-state index in [1.807, 2.05) is 13.0 Å². The van der Waals surface area contributed by atoms with Gasteiger partial charge in [-0.2, -0.15) is 0 Å². The maximum absolute atomic E-state index is 11.8. The number of halogens is 1. The highest BCUT2D eigenvalue weighted by Crippen LogP contribution is 2.03. The molecule has 0 saturated carbocycles. The Kier molecular flexibility index (Phi) is 12.3. The number of carbonyl (C=O) groups excluding carboxylic acids is 1. The van der Waals surface area contributed by atoms with E-state index < -0.39 is 0 Å². The number of unbranched alkanes of at least 4 members (excludes halogenated alkanes) is 2. The number of nitrogens with one attached hydrogen (secondary N) is 3. The van der Waals surface area contributed by atoms with E-state index in [4.69, 9.17) is 0 Å². The quantitative estimate of drug-likeness (QED) is 0.255. The Labute approximate surface area is 156 Å². The number of amides is 1. The summed E-state index contributed by atoms with van der Waals surface area (Å²) in [5.74, 6) is 1.25. The first-order valence-corrected chi connectivity index (χ1v) is 7.82. The van der Waals surface area contributed by atoms with Gasteiger partial charge in [0.15, 0.2) is 5.96 Å². The minimum atomic E-state index is -0.0645. The Balaban J connectivity index is 0.00000484. The number of nitrogens with zero attached hydrogens (tertiary/aromatic N) is 2. The van der Waals surface area contributed by atoms with Crippen molar-refractivity contribution < 1.29 is 4.79 Å². The van der Waals surface area contributed by atoms with E-state index in [-0.39, 0.29) is 29.9 Å². The third-order valence-electron chi connectivity index (χ3n) is 3.12. The van der Waals surface area contributed by atoms with E-state index in [1.165, 1.54) is 12.8 Å². The number of hydrogen-bond acceptors (Lipinski definition) is 3. The Morgan fingerprint density at radius 1 is 1.22 bits per heavy atom. The lowest BCUT2D eigenvalue weighted by molar-refractivity contribution is -0.116. The van der Waals surface area contributed by atoms with Crippen LogP contribution in [0.1, 0.15) is 38.2 Å². The number of anilines is 1. The van der Waals surface area contributed by atoms with Gasteiger partial charge in [-0.3, -0.25) is 9.79 Å². The summed E-state index contributed by atoms with van der Waals surface area (Å²) >= 11 is 0. The second-order valence-electron chi connectivity index (χ2n) is 5.15. The van der Waals surface area contributed by atoms with E-state index in [1.54, 1.807) is 19.3 Å². The lowest BCUT2D eigenvalue weighted by atomic mass is 10.2. The fourth-order valence-corrected chi connectivity index (χ4v) is 1.84. The average molecular weight is 433 g/mol. The third kappa shape index (κ3) is 10.1. The normalized spacial score (nSPS) is 10.7. The summed E-state index contributed by atoms with van der Waals surface area (Å²) in [7, 11) is 1.73. The molecule has 0 aromatic carbocycles. The van der Waals surface area contributed by atoms with Gasteiger partial charge in [-0.05, 0) is 25.0 Å². The summed E-state index contributed by atoms with van der Waals surface area (Å²) < 4.78 is 0. The van der Waals surface area contributed by atoms with Crippen LogP contribution in [0.5, 0.6) is 0 Å². The second-order valence-corrected chi connectivity index (χ2v) is 5.15. The zero-order chi connectivity index (χ0) is 16.2. The highest BCUT2D eigenvalue weighted by atomic mass is 127. The van der Waals surface area contributed by atoms with Gasteiger partial charge in [-0.25, -0.2) is 4.98 Å². The molecule has 0 aliphatic rings. The summed E-state index contributed by atoms with van der Waals surface area (Å²) in [6.07, 6.45) is 5.62. The standard InChI is InChI=1S/C16H27N5O.HI/c1-4-5-6-10-18-16(17-3)19-11-9-15(22)21-14-8-7-13(2)12-20-14;/h7-8,12H,4-6,9-11H2,1-3H3,(H2,17,18,19)(H,20,21,22);1H. The van der Waals surface area contributed by atoms with E-state index in [0.717, 1.165) is 24.5 Å². The molecule has 6 nitrogen and oxygen atoms in total. The predicted molar refractivity (Wildman–Crippen MR) is 107 cm³/mol. The maximum Gasteiger partial charge on any atom is 0.227 e. The van der Waals surface area contributed by atoms with Gasteiger partial charge in [-0.1, -0.05) is 25.8 Å². The van der Waals surface area contributed by atoms with Crippen LogP contribution in [0.25, 0.3) is 0 Å². The fraction of sp³-hybridized carbons (Fsp3) is 0.562. The smallest absolute Gasteiger partial charge is 0.227 e. The molecule has 0 bridgehead atoms. The van der Waals surface area contributed by atoms with Crippen molar-refractivity contribution in [1.29, 1.82) is 0 Å². The van der Waals surface area contributed by atoms with Gasteiger partial charge in [0.1, 0.15) is 5.82 Å². The minimum Gasteiger partial charge on any atom is -0.356 e. The van der Waals surface area contributed by atoms with Gasteiger partial charge in [0.25, 0.3) is 0 Å². The van der Waals surface area contributed by atoms with Gasteiger partial charge in [0.2, 0.25) is 5.91 Å². The van der Waals surface area contributed by atoms with Crippen LogP contribution >= 0.6 is 24.0 Å². The van der Waals surface area contributed by atoms with Gasteiger partial charge < -0.3 is 16.0 Å². The Bertz CT molecular complexity index is 476. The molecule has 1 aromatic rings. The van der Waals surface area contributed by atoms with E-state index in [0.29, 0.717) is 18.8 Å². The van der Waals surface area contributed by atoms with Crippen LogP contribution in [0.4, 0.5) is 5.82 Å². The first-order chi connectivity index (χ1) is 10.7. The molecule has 0 atom stereocenters. The van der Waals surface area contributed by atoms with Gasteiger partial charge in [0, 0.05) is 32.8 Å². The first kappa shape index (κ1) is 21.6. The largest absolute Gasteiger partial charge is 0.356 e. The van der Waals surface area contributed by atoms with Crippen LogP contribution < -0.4 is 16.0 Å². The summed E-state index contributed by atoms with van der Waals surface area (Å²) in [6, 6.07) is 3.72. The van der Waals surface area contributed by atoms with Crippen molar-refractivity contribution in [1.82, 2.24) is 15.6 Å². The highest BCUT2D eigenvalue weighted by Gasteiger charge is 2.04. The molecule has 0 aliphatic heterocycles. The van der Waals surface area contributed by atoms with Crippen LogP contribution in [0.3, 0.4) is 0 Å². The molecule has 0 saturated heterocycles. The molecular weight excluding hydrogens is 405 g/mol. The van der Waals surface area contributed by atoms with E-state index in [9.17, 15) is 4.79 Å². The number of carbonyl (C=O) groups is 1. The third-order valence-corrected chi connectivity index (χ3v) is 3.12. The highest BCUT2D eigenvalue weighted by molar-refractivity contribution is 14.0. The SMILES string of the molecule is CCCCCNC(=NC)NCCC(=O)Nc1ccc(C)cn1.I. The van der Waals surface area contributed by atoms with Crippen molar-refractivity contribution >= 4 is 41.7 Å². The second kappa shape index (κ2) is 13.1. The molecular formula is C16H28IN5O. The molecule has 7 heteroatoms. The zero-order valence-corrected chi connectivity index (χ0v) is 16.5. The van der Waals surface area contributed by atoms with Gasteiger partial charge >= 0.3 is 0 Å². The molecule has 1 rings (SSSR count). The number of aryl methyl sites for hydroxylation is 1. The molecule has 0 fully saturated rings. The molecule has 0 radical (unpaired) electrons. The van der Waals surface area contributed by atoms with Crippen molar-refractivity contribution in [2.75, 3.05) is 25.5 Å². The van der Waals surface area contributed by atoms with Gasteiger partial charge in [-0.15, -0.1) is 24.0 Å². The van der Waals surface area contributed by atoms with E-state index in [2.05, 4.69) is 32.9 Å². The van der Waals surface area contributed by atoms with Crippen molar-refractivity contribution in [2.45, 2.75) is 39.5 Å². The molecule has 1 amide bonds. The predicted octanol–water partition coefficient (Wildman–Crippen LogP) is 2.69. The average Bonchev–Trinajstić information content (AvgIpc) is 2.52. The molecule has 0 aliphatic carbocycles. The molecule has 3 N–H and O–H groups in total. The fourth-order valence-electron chi connectivity index (χ4n) is 1.84. The van der Waals surface area contributed by atoms with E-state index >= 15 is 0 Å². The van der Waals surface area contributed by atoms with Crippen molar-refractivity contribution in [3.63, 3.8) is 0 Å². The van der Waals surface area contributed by atoms with Crippen molar-refractivity contribution in [2.24, 2.45) is 4.99 Å². The summed E-state index contributed by atoms with van der Waals surface area (Å²) in [5.41, 5.74) is 1.07. The Morgan fingerprint density at radius 2 is 1.96 bits per heavy atom. The number of pyridine rings is 1. The monoisotopic (exact) mass is 433 g/mol. The lowest BCUT2D eigenvalue weighted by Gasteiger charge is -2.11. The number of rotatable bonds is 8. The molecule has 130 valence electrons. The summed E-state index contributed by atoms with van der Waals surface area (Å²) in [6.45, 7) is 5.56. The molecule has 23 heavy (non-hydrogen) atoms. The van der Waals surface area contributed by atoms with Crippen LogP contribution in [0.15, 0.2) is 23.3 Å². The number of guanidine groups is 1. The van der Waals surface area contributed by atoms with Crippen molar-refractivity contribution in [3.05, 3.63) is 23.9 Å². The summed E-state index contributed by atoms with van der Waals surface area (Å²) in [4.78, 5) is 20.1. The molecule has 1 heterocycles. The van der Waals surface area contributed by atoms with Crippen LogP contribution in [-0.4, -0.2) is 37.0 Å². The number of hydrogen-bond donors (Lipinski definition) is 3. The lowest BCUT2D eigenvalue weighted by Crippen LogP contribution is -2.39. The van der Waals surface area contributed by atoms with Crippen LogP contribution in [0.2, 0.25) is 0 Å². The molecule has 0 spiro atoms. The van der Waals surface area contributed by atoms with Crippen LogP contribution in [0, 0.1) is 6.92 Å². The topological polar surface area (TPSA) is 78.4 Å². The number of aliphatic imine (C=N–C) groups is 1. The maximum atomic E-state index is 11.8. The summed E-state index contributed by atoms with van der Waals surface area (Å²) in [5, 5.41) is 9.13. The zero-order valence-electron chi connectivity index (χ0n) is 14.2. The van der Waals surface area contributed by atoms with Crippen LogP contribution in [-0.2, 0) is 4.79 Å². The van der Waals surface area contributed by atoms with Crippen molar-refractivity contribution in [3.8, 4) is 0 Å². The Hall–Kier alpha value is -1.38.